The molecule has 1 saturated heterocycles. The molecule has 1 aliphatic heterocycles. The highest BCUT2D eigenvalue weighted by Crippen LogP contribution is 2.30. The third-order valence-electron chi connectivity index (χ3n) is 6.54. The number of carbonyl (C=O) groups is 1. The summed E-state index contributed by atoms with van der Waals surface area (Å²) in [6.45, 7) is 3.16. The maximum absolute atomic E-state index is 11.3. The number of pyridine rings is 1. The zero-order valence-electron chi connectivity index (χ0n) is 21.7. The minimum atomic E-state index is -1.24. The lowest BCUT2D eigenvalue weighted by Crippen LogP contribution is -2.64. The number of aromatic nitrogens is 1. The Morgan fingerprint density at radius 3 is 2.53 bits per heavy atom. The lowest BCUT2D eigenvalue weighted by Gasteiger charge is -2.33. The number of hydrogen-bond donors (Lipinski definition) is 2. The second-order valence-corrected chi connectivity index (χ2v) is 9.41. The standard InChI is InChI=1S/C27H35ClN6O4/c1-36-27(38-21-35,22-10-14-31-15-11-22)34-17-12-24(13-18-34)32-26(30)33(20-29)16-4-2-3-5-19-37-25-8-6-23(28)7-9-25/h6-9,12-13,17-18,21-22,30-31H,2-5,10-11,14-16,19H2,1H3/p+1. The van der Waals surface area contributed by atoms with Crippen LogP contribution < -0.4 is 20.4 Å². The van der Waals surface area contributed by atoms with E-state index in [9.17, 15) is 10.1 Å². The van der Waals surface area contributed by atoms with Crippen LogP contribution in [0.15, 0.2) is 53.8 Å². The van der Waals surface area contributed by atoms with Gasteiger partial charge in [0.1, 0.15) is 5.75 Å². The Bertz CT molecular complexity index is 1070. The average Bonchev–Trinajstić information content (AvgIpc) is 2.95. The van der Waals surface area contributed by atoms with Crippen LogP contribution in [0.3, 0.4) is 0 Å². The van der Waals surface area contributed by atoms with Crippen molar-refractivity contribution in [1.29, 1.82) is 5.26 Å². The highest BCUT2D eigenvalue weighted by Gasteiger charge is 2.51. The molecule has 0 spiro atoms. The summed E-state index contributed by atoms with van der Waals surface area (Å²) in [5, 5.41) is 13.5. The Kier molecular flexibility index (Phi) is 11.6. The van der Waals surface area contributed by atoms with E-state index < -0.39 is 5.91 Å². The van der Waals surface area contributed by atoms with Gasteiger partial charge < -0.3 is 20.5 Å². The van der Waals surface area contributed by atoms with E-state index in [1.165, 1.54) is 12.0 Å². The van der Waals surface area contributed by atoms with E-state index in [1.54, 1.807) is 41.2 Å². The van der Waals surface area contributed by atoms with Gasteiger partial charge in [-0.3, -0.25) is 9.53 Å². The van der Waals surface area contributed by atoms with Crippen LogP contribution in [0.25, 0.3) is 0 Å². The summed E-state index contributed by atoms with van der Waals surface area (Å²) >= 11 is 5.88. The van der Waals surface area contributed by atoms with Crippen molar-refractivity contribution in [3.63, 3.8) is 0 Å². The highest BCUT2D eigenvalue weighted by molar-refractivity contribution is 6.30. The largest absolute Gasteiger partial charge is 0.494 e. The van der Waals surface area contributed by atoms with Crippen LogP contribution in [0.1, 0.15) is 38.5 Å². The summed E-state index contributed by atoms with van der Waals surface area (Å²) in [4.78, 5) is 17.1. The van der Waals surface area contributed by atoms with Crippen molar-refractivity contribution >= 4 is 29.7 Å². The van der Waals surface area contributed by atoms with Gasteiger partial charge in [0.25, 0.3) is 6.47 Å². The van der Waals surface area contributed by atoms with Gasteiger partial charge in [-0.15, -0.1) is 4.57 Å². The number of benzene rings is 1. The molecule has 1 aromatic heterocycles. The number of nitrogens with one attached hydrogen (secondary N) is 1. The van der Waals surface area contributed by atoms with E-state index in [1.807, 2.05) is 12.1 Å². The molecule has 1 fully saturated rings. The zero-order chi connectivity index (χ0) is 27.2. The third kappa shape index (κ3) is 8.05. The van der Waals surface area contributed by atoms with Crippen molar-refractivity contribution in [2.75, 3.05) is 33.4 Å². The van der Waals surface area contributed by atoms with E-state index in [-0.39, 0.29) is 11.9 Å². The van der Waals surface area contributed by atoms with Gasteiger partial charge in [0.05, 0.1) is 18.2 Å². The Labute approximate surface area is 228 Å². The summed E-state index contributed by atoms with van der Waals surface area (Å²) in [6.07, 6.45) is 10.8. The van der Waals surface area contributed by atoms with Crippen molar-refractivity contribution < 1.29 is 23.6 Å². The van der Waals surface area contributed by atoms with E-state index in [2.05, 4.69) is 16.5 Å². The molecule has 0 amide bonds. The van der Waals surface area contributed by atoms with Gasteiger partial charge in [0, 0.05) is 30.8 Å². The first kappa shape index (κ1) is 29.2. The molecule has 1 aliphatic rings. The molecule has 3 rings (SSSR count). The van der Waals surface area contributed by atoms with Crippen molar-refractivity contribution in [3.8, 4) is 11.9 Å². The van der Waals surface area contributed by atoms with E-state index >= 15 is 0 Å². The SMILES string of the molecule is COC(OC=O)(C1CCNCC1)[n+]1ccc(N=C(N)N(C#N)CCCCCCOc2ccc(Cl)cc2)cc1. The number of nitriles is 1. The smallest absolute Gasteiger partial charge is 0.438 e. The summed E-state index contributed by atoms with van der Waals surface area (Å²) in [7, 11) is 1.53. The molecule has 1 atom stereocenters. The summed E-state index contributed by atoms with van der Waals surface area (Å²) in [6, 6.07) is 10.8. The Balaban J connectivity index is 1.50. The molecule has 0 aliphatic carbocycles. The third-order valence-corrected chi connectivity index (χ3v) is 6.79. The molecule has 3 N–H and O–H groups in total. The number of guanidine groups is 1. The van der Waals surface area contributed by atoms with Crippen LogP contribution in [-0.4, -0.2) is 50.7 Å². The molecule has 1 unspecified atom stereocenters. The van der Waals surface area contributed by atoms with Crippen molar-refractivity contribution in [3.05, 3.63) is 53.8 Å². The molecule has 0 radical (unpaired) electrons. The van der Waals surface area contributed by atoms with Gasteiger partial charge in [-0.1, -0.05) is 24.4 Å². The first-order chi connectivity index (χ1) is 18.5. The first-order valence-corrected chi connectivity index (χ1v) is 13.2. The molecule has 0 saturated carbocycles. The molecular formula is C27H36ClN6O4+. The van der Waals surface area contributed by atoms with Crippen molar-refractivity contribution in [1.82, 2.24) is 10.2 Å². The molecule has 10 nitrogen and oxygen atoms in total. The van der Waals surface area contributed by atoms with E-state index in [0.29, 0.717) is 30.3 Å². The monoisotopic (exact) mass is 543 g/mol. The van der Waals surface area contributed by atoms with E-state index in [0.717, 1.165) is 57.4 Å². The van der Waals surface area contributed by atoms with Gasteiger partial charge in [-0.05, 0) is 63.0 Å². The maximum Gasteiger partial charge on any atom is 0.438 e. The predicted octanol–water partition coefficient (Wildman–Crippen LogP) is 3.43. The topological polar surface area (TPSA) is 126 Å². The number of nitrogens with two attached hydrogens (primary N) is 1. The molecule has 11 heteroatoms. The molecule has 1 aromatic carbocycles. The maximum atomic E-state index is 11.3. The summed E-state index contributed by atoms with van der Waals surface area (Å²) < 4.78 is 18.7. The number of unbranched alkanes of at least 4 members (excludes halogenated alkanes) is 3. The molecule has 38 heavy (non-hydrogen) atoms. The Hall–Kier alpha value is -3.39. The fourth-order valence-electron chi connectivity index (χ4n) is 4.50. The number of piperidine rings is 1. The molecule has 2 aromatic rings. The van der Waals surface area contributed by atoms with Crippen LogP contribution >= 0.6 is 11.6 Å². The van der Waals surface area contributed by atoms with Gasteiger partial charge in [0.15, 0.2) is 18.6 Å². The van der Waals surface area contributed by atoms with E-state index in [4.69, 9.17) is 31.5 Å². The number of nitrogens with zero attached hydrogens (tertiary/aromatic N) is 4. The number of aliphatic imine (C=N–C) groups is 1. The van der Waals surface area contributed by atoms with Gasteiger partial charge >= 0.3 is 5.91 Å². The minimum Gasteiger partial charge on any atom is -0.494 e. The van der Waals surface area contributed by atoms with Crippen LogP contribution in [0, 0.1) is 17.4 Å². The van der Waals surface area contributed by atoms with Crippen LogP contribution in [0.5, 0.6) is 5.75 Å². The predicted molar refractivity (Wildman–Crippen MR) is 143 cm³/mol. The fourth-order valence-corrected chi connectivity index (χ4v) is 4.63. The normalized spacial score (nSPS) is 15.8. The number of rotatable bonds is 14. The van der Waals surface area contributed by atoms with Crippen molar-refractivity contribution in [2.24, 2.45) is 16.6 Å². The lowest BCUT2D eigenvalue weighted by atomic mass is 9.93. The quantitative estimate of drug-likeness (QED) is 0.0542. The second kappa shape index (κ2) is 15.1. The number of carbonyl (C=O) groups excluding carboxylic acids is 1. The van der Waals surface area contributed by atoms with Crippen LogP contribution in [0.2, 0.25) is 5.02 Å². The Morgan fingerprint density at radius 1 is 1.21 bits per heavy atom. The van der Waals surface area contributed by atoms with Gasteiger partial charge in [-0.2, -0.15) is 5.26 Å². The number of ether oxygens (including phenoxy) is 3. The van der Waals surface area contributed by atoms with Crippen LogP contribution in [-0.2, 0) is 20.2 Å². The average molecular weight is 544 g/mol. The van der Waals surface area contributed by atoms with Crippen molar-refractivity contribution in [2.45, 2.75) is 44.4 Å². The van der Waals surface area contributed by atoms with Crippen LogP contribution in [0.4, 0.5) is 5.69 Å². The minimum absolute atomic E-state index is 0.0125. The molecule has 2 heterocycles. The van der Waals surface area contributed by atoms with Gasteiger partial charge in [-0.25, -0.2) is 9.89 Å². The lowest BCUT2D eigenvalue weighted by molar-refractivity contribution is -0.859. The number of hydrogen-bond acceptors (Lipinski definition) is 7. The number of methoxy groups -OCH3 is 1. The highest BCUT2D eigenvalue weighted by atomic mass is 35.5. The summed E-state index contributed by atoms with van der Waals surface area (Å²) in [5.74, 6) is -0.329. The molecule has 0 bridgehead atoms. The fraction of sp³-hybridized carbons (Fsp3) is 0.481. The zero-order valence-corrected chi connectivity index (χ0v) is 22.5. The Morgan fingerprint density at radius 2 is 1.89 bits per heavy atom. The van der Waals surface area contributed by atoms with Gasteiger partial charge in [0.2, 0.25) is 5.96 Å². The molecular weight excluding hydrogens is 508 g/mol. The first-order valence-electron chi connectivity index (χ1n) is 12.8. The second-order valence-electron chi connectivity index (χ2n) is 8.98. The number of halogens is 1. The molecule has 204 valence electrons. The summed E-state index contributed by atoms with van der Waals surface area (Å²) in [5.41, 5.74) is 6.70.